The molecule has 1 atom stereocenters. The van der Waals surface area contributed by atoms with Gasteiger partial charge in [0.15, 0.2) is 0 Å². The summed E-state index contributed by atoms with van der Waals surface area (Å²) < 4.78 is 0. The van der Waals surface area contributed by atoms with Crippen LogP contribution < -0.4 is 0 Å². The molecule has 1 unspecified atom stereocenters. The van der Waals surface area contributed by atoms with Crippen LogP contribution in [0.25, 0.3) is 6.08 Å². The normalized spacial score (nSPS) is 20.6. The Labute approximate surface area is 131 Å². The van der Waals surface area contributed by atoms with Crippen LogP contribution in [-0.4, -0.2) is 0 Å². The van der Waals surface area contributed by atoms with E-state index < -0.39 is 0 Å². The molecule has 2 rings (SSSR count). The second-order valence-corrected chi connectivity index (χ2v) is 7.75. The first-order valence-electron chi connectivity index (χ1n) is 8.66. The maximum Gasteiger partial charge on any atom is 0.0113 e. The Morgan fingerprint density at radius 1 is 1.14 bits per heavy atom. The largest absolute Gasteiger partial charge is 0.0736 e. The van der Waals surface area contributed by atoms with Gasteiger partial charge in [0.1, 0.15) is 0 Å². The average molecular weight is 284 g/mol. The Bertz CT molecular complexity index is 546. The van der Waals surface area contributed by atoms with Gasteiger partial charge in [-0.15, -0.1) is 0 Å². The fourth-order valence-corrected chi connectivity index (χ4v) is 3.71. The van der Waals surface area contributed by atoms with E-state index in [2.05, 4.69) is 66.7 Å². The van der Waals surface area contributed by atoms with Gasteiger partial charge in [-0.05, 0) is 65.8 Å². The lowest BCUT2D eigenvalue weighted by Gasteiger charge is -2.30. The molecule has 0 fully saturated rings. The second kappa shape index (κ2) is 5.99. The van der Waals surface area contributed by atoms with Gasteiger partial charge in [0.05, 0.1) is 0 Å². The topological polar surface area (TPSA) is 0 Å². The first-order valence-corrected chi connectivity index (χ1v) is 8.66. The molecule has 0 spiro atoms. The molecular formula is C21H32. The van der Waals surface area contributed by atoms with E-state index in [4.69, 9.17) is 0 Å². The van der Waals surface area contributed by atoms with Crippen LogP contribution >= 0.6 is 0 Å². The molecule has 0 aliphatic heterocycles. The van der Waals surface area contributed by atoms with Gasteiger partial charge in [0.2, 0.25) is 0 Å². The van der Waals surface area contributed by atoms with Crippen LogP contribution in [0.2, 0.25) is 0 Å². The molecule has 0 heterocycles. The molecule has 1 aliphatic rings. The summed E-state index contributed by atoms with van der Waals surface area (Å²) in [5.41, 5.74) is 8.04. The number of benzene rings is 1. The van der Waals surface area contributed by atoms with Gasteiger partial charge >= 0.3 is 0 Å². The summed E-state index contributed by atoms with van der Waals surface area (Å²) in [6.07, 6.45) is 8.49. The van der Waals surface area contributed by atoms with E-state index in [0.29, 0.717) is 5.92 Å². The SMILES string of the molecule is CCC1(C)C=Cc2c(C)cc(CCC(C)C)c(C(C)C)c21. The standard InChI is InChI=1S/C21H32/c1-8-21(7)12-11-18-16(6)13-17(10-9-14(2)3)19(15(4)5)20(18)21/h11-15H,8-10H2,1-7H3. The summed E-state index contributed by atoms with van der Waals surface area (Å²) >= 11 is 0. The predicted octanol–water partition coefficient (Wildman–Crippen LogP) is 6.40. The van der Waals surface area contributed by atoms with E-state index in [1.54, 1.807) is 16.7 Å². The molecule has 0 aromatic heterocycles. The third kappa shape index (κ3) is 2.96. The number of rotatable bonds is 5. The minimum atomic E-state index is 0.230. The zero-order chi connectivity index (χ0) is 15.8. The van der Waals surface area contributed by atoms with Crippen molar-refractivity contribution >= 4 is 6.08 Å². The first-order chi connectivity index (χ1) is 9.80. The molecule has 21 heavy (non-hydrogen) atoms. The molecule has 0 amide bonds. The summed E-state index contributed by atoms with van der Waals surface area (Å²) in [6, 6.07) is 2.46. The van der Waals surface area contributed by atoms with E-state index in [1.807, 2.05) is 0 Å². The van der Waals surface area contributed by atoms with Crippen molar-refractivity contribution in [3.63, 3.8) is 0 Å². The molecule has 0 nitrogen and oxygen atoms in total. The highest BCUT2D eigenvalue weighted by atomic mass is 14.4. The summed E-state index contributed by atoms with van der Waals surface area (Å²) in [4.78, 5) is 0. The lowest BCUT2D eigenvalue weighted by Crippen LogP contribution is -2.20. The van der Waals surface area contributed by atoms with E-state index >= 15 is 0 Å². The third-order valence-corrected chi connectivity index (χ3v) is 5.19. The minimum Gasteiger partial charge on any atom is -0.0736 e. The van der Waals surface area contributed by atoms with Crippen molar-refractivity contribution in [2.45, 2.75) is 79.1 Å². The zero-order valence-electron chi connectivity index (χ0n) is 15.0. The van der Waals surface area contributed by atoms with Crippen LogP contribution in [0.3, 0.4) is 0 Å². The fraction of sp³-hybridized carbons (Fsp3) is 0.619. The van der Waals surface area contributed by atoms with Crippen molar-refractivity contribution < 1.29 is 0 Å². The molecule has 1 aromatic carbocycles. The molecule has 0 radical (unpaired) electrons. The minimum absolute atomic E-state index is 0.230. The highest BCUT2D eigenvalue weighted by Crippen LogP contribution is 2.45. The highest BCUT2D eigenvalue weighted by molar-refractivity contribution is 5.71. The summed E-state index contributed by atoms with van der Waals surface area (Å²) in [7, 11) is 0. The van der Waals surface area contributed by atoms with Gasteiger partial charge in [-0.2, -0.15) is 0 Å². The van der Waals surface area contributed by atoms with Gasteiger partial charge < -0.3 is 0 Å². The van der Waals surface area contributed by atoms with Gasteiger partial charge in [-0.3, -0.25) is 0 Å². The maximum absolute atomic E-state index is 2.46. The van der Waals surface area contributed by atoms with Crippen molar-refractivity contribution in [3.05, 3.63) is 40.0 Å². The third-order valence-electron chi connectivity index (χ3n) is 5.19. The molecule has 0 bridgehead atoms. The summed E-state index contributed by atoms with van der Waals surface area (Å²) in [5, 5.41) is 0. The van der Waals surface area contributed by atoms with Gasteiger partial charge in [0.25, 0.3) is 0 Å². The van der Waals surface area contributed by atoms with Crippen LogP contribution in [0.4, 0.5) is 0 Å². The van der Waals surface area contributed by atoms with Crippen molar-refractivity contribution in [3.8, 4) is 0 Å². The van der Waals surface area contributed by atoms with Crippen LogP contribution in [-0.2, 0) is 11.8 Å². The van der Waals surface area contributed by atoms with Crippen LogP contribution in [0.5, 0.6) is 0 Å². The van der Waals surface area contributed by atoms with Crippen LogP contribution in [0.1, 0.15) is 88.1 Å². The zero-order valence-corrected chi connectivity index (χ0v) is 15.0. The number of hydrogen-bond donors (Lipinski definition) is 0. The Morgan fingerprint density at radius 2 is 1.81 bits per heavy atom. The Hall–Kier alpha value is -1.04. The van der Waals surface area contributed by atoms with E-state index in [0.717, 1.165) is 5.92 Å². The first kappa shape index (κ1) is 16.3. The predicted molar refractivity (Wildman–Crippen MR) is 95.1 cm³/mol. The Morgan fingerprint density at radius 3 is 2.33 bits per heavy atom. The lowest BCUT2D eigenvalue weighted by atomic mass is 9.74. The monoisotopic (exact) mass is 284 g/mol. The van der Waals surface area contributed by atoms with Crippen molar-refractivity contribution in [2.75, 3.05) is 0 Å². The lowest BCUT2D eigenvalue weighted by molar-refractivity contribution is 0.560. The van der Waals surface area contributed by atoms with Gasteiger partial charge in [0, 0.05) is 5.41 Å². The number of allylic oxidation sites excluding steroid dienone is 1. The van der Waals surface area contributed by atoms with Crippen LogP contribution in [0, 0.1) is 12.8 Å². The molecular weight excluding hydrogens is 252 g/mol. The molecule has 116 valence electrons. The van der Waals surface area contributed by atoms with Crippen LogP contribution in [0.15, 0.2) is 12.1 Å². The van der Waals surface area contributed by atoms with E-state index in [9.17, 15) is 0 Å². The van der Waals surface area contributed by atoms with Gasteiger partial charge in [-0.25, -0.2) is 0 Å². The molecule has 0 saturated heterocycles. The smallest absolute Gasteiger partial charge is 0.0113 e. The highest BCUT2D eigenvalue weighted by Gasteiger charge is 2.33. The maximum atomic E-state index is 2.46. The fourth-order valence-electron chi connectivity index (χ4n) is 3.71. The number of fused-ring (bicyclic) bond motifs is 1. The average Bonchev–Trinajstić information content (AvgIpc) is 2.75. The second-order valence-electron chi connectivity index (χ2n) is 7.75. The number of aryl methyl sites for hydroxylation is 2. The van der Waals surface area contributed by atoms with Crippen molar-refractivity contribution in [2.24, 2.45) is 5.92 Å². The molecule has 1 aromatic rings. The molecule has 0 N–H and O–H groups in total. The quantitative estimate of drug-likeness (QED) is 0.586. The Kier molecular flexibility index (Phi) is 4.66. The summed E-state index contributed by atoms with van der Waals surface area (Å²) in [5.74, 6) is 1.38. The summed E-state index contributed by atoms with van der Waals surface area (Å²) in [6.45, 7) is 16.4. The number of hydrogen-bond acceptors (Lipinski definition) is 0. The van der Waals surface area contributed by atoms with E-state index in [1.165, 1.54) is 30.4 Å². The van der Waals surface area contributed by atoms with E-state index in [-0.39, 0.29) is 5.41 Å². The van der Waals surface area contributed by atoms with Crippen molar-refractivity contribution in [1.82, 2.24) is 0 Å². The van der Waals surface area contributed by atoms with Crippen molar-refractivity contribution in [1.29, 1.82) is 0 Å². The van der Waals surface area contributed by atoms with Gasteiger partial charge in [-0.1, -0.05) is 59.8 Å². The molecule has 0 heteroatoms. The molecule has 1 aliphatic carbocycles. The molecule has 0 saturated carbocycles. The Balaban J connectivity index is 2.60.